The summed E-state index contributed by atoms with van der Waals surface area (Å²) in [6.07, 6.45) is 0. The molecule has 0 saturated heterocycles. The highest BCUT2D eigenvalue weighted by molar-refractivity contribution is 7.98. The highest BCUT2D eigenvalue weighted by atomic mass is 32.2. The number of nitriles is 1. The van der Waals surface area contributed by atoms with Crippen LogP contribution in [-0.2, 0) is 5.75 Å². The van der Waals surface area contributed by atoms with Gasteiger partial charge >= 0.3 is 0 Å². The second-order valence-electron chi connectivity index (χ2n) is 3.84. The monoisotopic (exact) mass is 262 g/mol. The van der Waals surface area contributed by atoms with Gasteiger partial charge in [0.15, 0.2) is 0 Å². The van der Waals surface area contributed by atoms with Crippen LogP contribution in [0.4, 0.5) is 4.39 Å². The lowest BCUT2D eigenvalue weighted by Gasteiger charge is -2.00. The van der Waals surface area contributed by atoms with Crippen LogP contribution in [0.3, 0.4) is 0 Å². The molecule has 0 bridgehead atoms. The quantitative estimate of drug-likeness (QED) is 0.793. The minimum atomic E-state index is -0.492. The number of rotatable bonds is 3. The minimum Gasteiger partial charge on any atom is -0.437 e. The van der Waals surface area contributed by atoms with Gasteiger partial charge in [-0.3, -0.25) is 0 Å². The third-order valence-corrected chi connectivity index (χ3v) is 3.42. The summed E-state index contributed by atoms with van der Waals surface area (Å²) in [5.74, 6) is 0.900. The van der Waals surface area contributed by atoms with Crippen LogP contribution in [0.15, 0.2) is 27.8 Å². The third kappa shape index (κ3) is 2.71. The first-order valence-corrected chi connectivity index (χ1v) is 6.34. The molecule has 2 rings (SSSR count). The van der Waals surface area contributed by atoms with Crippen molar-refractivity contribution in [2.24, 2.45) is 0 Å². The molecule has 2 aromatic rings. The summed E-state index contributed by atoms with van der Waals surface area (Å²) in [5.41, 5.74) is 1.80. The van der Waals surface area contributed by atoms with Crippen molar-refractivity contribution in [2.75, 3.05) is 0 Å². The van der Waals surface area contributed by atoms with E-state index in [0.29, 0.717) is 11.0 Å². The van der Waals surface area contributed by atoms with Gasteiger partial charge in [0.1, 0.15) is 17.6 Å². The molecule has 3 nitrogen and oxygen atoms in total. The number of hydrogen-bond donors (Lipinski definition) is 0. The second kappa shape index (κ2) is 5.23. The van der Waals surface area contributed by atoms with E-state index in [9.17, 15) is 4.39 Å². The maximum atomic E-state index is 13.1. The predicted octanol–water partition coefficient (Wildman–Crippen LogP) is 3.59. The molecular formula is C13H11FN2OS. The van der Waals surface area contributed by atoms with Crippen molar-refractivity contribution in [1.29, 1.82) is 5.26 Å². The van der Waals surface area contributed by atoms with Crippen LogP contribution >= 0.6 is 11.8 Å². The van der Waals surface area contributed by atoms with Crippen LogP contribution in [-0.4, -0.2) is 4.98 Å². The van der Waals surface area contributed by atoms with Crippen LogP contribution in [0.2, 0.25) is 0 Å². The van der Waals surface area contributed by atoms with Gasteiger partial charge in [0.25, 0.3) is 5.22 Å². The minimum absolute atomic E-state index is 0.0628. The van der Waals surface area contributed by atoms with Crippen LogP contribution in [0.25, 0.3) is 0 Å². The molecule has 0 aliphatic heterocycles. The number of thioether (sulfide) groups is 1. The van der Waals surface area contributed by atoms with Gasteiger partial charge in [0, 0.05) is 5.75 Å². The fraction of sp³-hybridized carbons (Fsp3) is 0.231. The Kier molecular flexibility index (Phi) is 3.68. The summed E-state index contributed by atoms with van der Waals surface area (Å²) < 4.78 is 18.6. The summed E-state index contributed by atoms with van der Waals surface area (Å²) in [7, 11) is 0. The molecule has 1 heterocycles. The summed E-state index contributed by atoms with van der Waals surface area (Å²) >= 11 is 1.42. The Morgan fingerprint density at radius 3 is 2.83 bits per heavy atom. The Morgan fingerprint density at radius 1 is 1.44 bits per heavy atom. The summed E-state index contributed by atoms with van der Waals surface area (Å²) in [6, 6.07) is 6.33. The first kappa shape index (κ1) is 12.7. The lowest BCUT2D eigenvalue weighted by atomic mass is 10.1. The number of oxazole rings is 1. The molecule has 0 fully saturated rings. The van der Waals surface area contributed by atoms with Gasteiger partial charge in [-0.15, -0.1) is 0 Å². The second-order valence-corrected chi connectivity index (χ2v) is 4.76. The molecule has 0 saturated carbocycles. The maximum Gasteiger partial charge on any atom is 0.256 e. The zero-order valence-corrected chi connectivity index (χ0v) is 10.8. The fourth-order valence-electron chi connectivity index (χ4n) is 1.40. The van der Waals surface area contributed by atoms with E-state index in [0.717, 1.165) is 17.0 Å². The Balaban J connectivity index is 2.09. The molecule has 92 valence electrons. The Labute approximate surface area is 109 Å². The average molecular weight is 262 g/mol. The van der Waals surface area contributed by atoms with E-state index in [1.165, 1.54) is 17.8 Å². The first-order valence-electron chi connectivity index (χ1n) is 5.35. The van der Waals surface area contributed by atoms with Crippen molar-refractivity contribution in [3.63, 3.8) is 0 Å². The third-order valence-electron chi connectivity index (χ3n) is 2.52. The number of benzene rings is 1. The molecule has 0 amide bonds. The molecule has 1 aromatic carbocycles. The first-order chi connectivity index (χ1) is 8.60. The van der Waals surface area contributed by atoms with Crippen molar-refractivity contribution in [3.05, 3.63) is 46.6 Å². The number of halogens is 1. The van der Waals surface area contributed by atoms with Gasteiger partial charge < -0.3 is 4.42 Å². The van der Waals surface area contributed by atoms with Crippen LogP contribution in [0, 0.1) is 31.0 Å². The lowest BCUT2D eigenvalue weighted by Crippen LogP contribution is -1.87. The normalized spacial score (nSPS) is 10.3. The molecular weight excluding hydrogens is 251 g/mol. The predicted molar refractivity (Wildman–Crippen MR) is 66.7 cm³/mol. The standard InChI is InChI=1S/C13H11FN2OS/c1-8-9(2)17-13(16-8)18-7-10-3-4-12(14)11(5-10)6-15/h3-5H,7H2,1-2H3. The molecule has 0 N–H and O–H groups in total. The largest absolute Gasteiger partial charge is 0.437 e. The smallest absolute Gasteiger partial charge is 0.256 e. The fourth-order valence-corrected chi connectivity index (χ4v) is 2.25. The molecule has 0 spiro atoms. The van der Waals surface area contributed by atoms with Gasteiger partial charge in [-0.1, -0.05) is 17.8 Å². The van der Waals surface area contributed by atoms with Gasteiger partial charge in [0.05, 0.1) is 11.3 Å². The van der Waals surface area contributed by atoms with Crippen molar-refractivity contribution in [1.82, 2.24) is 4.98 Å². The molecule has 0 aliphatic rings. The maximum absolute atomic E-state index is 13.1. The van der Waals surface area contributed by atoms with Gasteiger partial charge in [-0.2, -0.15) is 5.26 Å². The topological polar surface area (TPSA) is 49.8 Å². The highest BCUT2D eigenvalue weighted by Crippen LogP contribution is 2.24. The molecule has 18 heavy (non-hydrogen) atoms. The lowest BCUT2D eigenvalue weighted by molar-refractivity contribution is 0.431. The zero-order valence-electron chi connectivity index (χ0n) is 10.0. The van der Waals surface area contributed by atoms with Gasteiger partial charge in [-0.05, 0) is 31.5 Å². The number of aromatic nitrogens is 1. The molecule has 0 radical (unpaired) electrons. The van der Waals surface area contributed by atoms with Gasteiger partial charge in [0.2, 0.25) is 0 Å². The molecule has 0 atom stereocenters. The van der Waals surface area contributed by atoms with Crippen molar-refractivity contribution < 1.29 is 8.81 Å². The van der Waals surface area contributed by atoms with E-state index < -0.39 is 5.82 Å². The van der Waals surface area contributed by atoms with E-state index in [4.69, 9.17) is 9.68 Å². The highest BCUT2D eigenvalue weighted by Gasteiger charge is 2.08. The summed E-state index contributed by atoms with van der Waals surface area (Å²) in [5, 5.41) is 9.33. The molecule has 0 unspecified atom stereocenters. The molecule has 1 aromatic heterocycles. The van der Waals surface area contributed by atoms with E-state index in [1.54, 1.807) is 12.1 Å². The molecule has 0 aliphatic carbocycles. The van der Waals surface area contributed by atoms with Crippen molar-refractivity contribution >= 4 is 11.8 Å². The van der Waals surface area contributed by atoms with Crippen molar-refractivity contribution in [3.8, 4) is 6.07 Å². The zero-order chi connectivity index (χ0) is 13.1. The van der Waals surface area contributed by atoms with Crippen LogP contribution in [0.5, 0.6) is 0 Å². The summed E-state index contributed by atoms with van der Waals surface area (Å²) in [6.45, 7) is 3.74. The summed E-state index contributed by atoms with van der Waals surface area (Å²) in [4.78, 5) is 4.24. The molecule has 5 heteroatoms. The van der Waals surface area contributed by atoms with E-state index in [2.05, 4.69) is 4.98 Å². The Bertz CT molecular complexity index is 596. The van der Waals surface area contributed by atoms with E-state index >= 15 is 0 Å². The van der Waals surface area contributed by atoms with Crippen LogP contribution < -0.4 is 0 Å². The average Bonchev–Trinajstić information content (AvgIpc) is 2.68. The van der Waals surface area contributed by atoms with E-state index in [-0.39, 0.29) is 5.56 Å². The number of nitrogens with zero attached hydrogens (tertiary/aromatic N) is 2. The SMILES string of the molecule is Cc1nc(SCc2ccc(F)c(C#N)c2)oc1C. The number of hydrogen-bond acceptors (Lipinski definition) is 4. The van der Waals surface area contributed by atoms with E-state index in [1.807, 2.05) is 19.9 Å². The van der Waals surface area contributed by atoms with Crippen molar-refractivity contribution in [2.45, 2.75) is 24.8 Å². The number of aryl methyl sites for hydroxylation is 2. The Hall–Kier alpha value is -1.80. The Morgan fingerprint density at radius 2 is 2.22 bits per heavy atom. The van der Waals surface area contributed by atoms with Gasteiger partial charge in [-0.25, -0.2) is 9.37 Å². The van der Waals surface area contributed by atoms with Crippen LogP contribution in [0.1, 0.15) is 22.6 Å².